The smallest absolute Gasteiger partial charge is 0.189 e. The summed E-state index contributed by atoms with van der Waals surface area (Å²) in [6.45, 7) is 11.3. The third-order valence-corrected chi connectivity index (χ3v) is 3.31. The molecule has 0 aliphatic carbocycles. The van der Waals surface area contributed by atoms with E-state index in [1.807, 2.05) is 12.3 Å². The van der Waals surface area contributed by atoms with Crippen molar-refractivity contribution in [3.63, 3.8) is 0 Å². The van der Waals surface area contributed by atoms with Crippen molar-refractivity contribution in [1.29, 1.82) is 0 Å². The molecule has 23 heavy (non-hydrogen) atoms. The predicted molar refractivity (Wildman–Crippen MR) is 105 cm³/mol. The molecule has 1 atom stereocenters. The van der Waals surface area contributed by atoms with Crippen LogP contribution in [0.2, 0.25) is 0 Å². The number of nitrogens with one attached hydrogen (secondary N) is 1. The van der Waals surface area contributed by atoms with E-state index < -0.39 is 0 Å². The molecule has 0 bridgehead atoms. The van der Waals surface area contributed by atoms with Crippen LogP contribution in [0.1, 0.15) is 33.3 Å². The molecule has 7 heteroatoms. The Labute approximate surface area is 155 Å². The van der Waals surface area contributed by atoms with Crippen molar-refractivity contribution in [3.05, 3.63) is 23.9 Å². The van der Waals surface area contributed by atoms with Crippen LogP contribution < -0.4 is 16.0 Å². The molecule has 1 aromatic heterocycles. The Hall–Kier alpha value is -1.09. The largest absolute Gasteiger partial charge is 0.375 e. The van der Waals surface area contributed by atoms with Gasteiger partial charge in [-0.3, -0.25) is 0 Å². The molecule has 3 N–H and O–H groups in total. The van der Waals surface area contributed by atoms with Crippen LogP contribution in [0.5, 0.6) is 0 Å². The summed E-state index contributed by atoms with van der Waals surface area (Å²) in [5, 5.41) is 3.14. The third-order valence-electron chi connectivity index (χ3n) is 3.31. The van der Waals surface area contributed by atoms with Gasteiger partial charge in [0, 0.05) is 24.8 Å². The van der Waals surface area contributed by atoms with E-state index in [0.29, 0.717) is 12.5 Å². The second-order valence-corrected chi connectivity index (χ2v) is 6.73. The standard InChI is InChI=1S/C16H27N5O.HI/c1-12-11-21(7-8-22-12)14-6-5-13(9-18-14)10-19-15(17)20-16(2,3)4;/h5-6,9,12H,7-8,10-11H2,1-4H3,(H3,17,19,20);1H. The average Bonchev–Trinajstić information content (AvgIpc) is 2.44. The number of rotatable bonds is 3. The fourth-order valence-corrected chi connectivity index (χ4v) is 2.32. The van der Waals surface area contributed by atoms with Gasteiger partial charge < -0.3 is 20.7 Å². The van der Waals surface area contributed by atoms with E-state index in [1.54, 1.807) is 0 Å². The molecule has 0 amide bonds. The zero-order valence-electron chi connectivity index (χ0n) is 14.4. The summed E-state index contributed by atoms with van der Waals surface area (Å²) in [5.74, 6) is 1.45. The van der Waals surface area contributed by atoms with Crippen LogP contribution in [0.25, 0.3) is 0 Å². The Balaban J connectivity index is 0.00000264. The highest BCUT2D eigenvalue weighted by Crippen LogP contribution is 2.15. The van der Waals surface area contributed by atoms with E-state index in [0.717, 1.165) is 31.1 Å². The van der Waals surface area contributed by atoms with Crippen molar-refractivity contribution < 1.29 is 4.74 Å². The zero-order chi connectivity index (χ0) is 16.2. The minimum Gasteiger partial charge on any atom is -0.375 e. The summed E-state index contributed by atoms with van der Waals surface area (Å²) >= 11 is 0. The van der Waals surface area contributed by atoms with Gasteiger partial charge in [0.05, 0.1) is 19.3 Å². The van der Waals surface area contributed by atoms with Crippen LogP contribution in [0.4, 0.5) is 5.82 Å². The summed E-state index contributed by atoms with van der Waals surface area (Å²) in [4.78, 5) is 11.1. The first-order chi connectivity index (χ1) is 10.3. The number of guanidine groups is 1. The van der Waals surface area contributed by atoms with Gasteiger partial charge in [-0.25, -0.2) is 9.98 Å². The zero-order valence-corrected chi connectivity index (χ0v) is 16.7. The van der Waals surface area contributed by atoms with E-state index in [4.69, 9.17) is 10.5 Å². The highest BCUT2D eigenvalue weighted by atomic mass is 127. The summed E-state index contributed by atoms with van der Waals surface area (Å²) < 4.78 is 5.55. The van der Waals surface area contributed by atoms with Crippen molar-refractivity contribution in [2.75, 3.05) is 24.6 Å². The van der Waals surface area contributed by atoms with Crippen LogP contribution in [0.3, 0.4) is 0 Å². The topological polar surface area (TPSA) is 75.8 Å². The van der Waals surface area contributed by atoms with Gasteiger partial charge in [-0.1, -0.05) is 6.07 Å². The highest BCUT2D eigenvalue weighted by Gasteiger charge is 2.17. The lowest BCUT2D eigenvalue weighted by atomic mass is 10.1. The number of anilines is 1. The van der Waals surface area contributed by atoms with Gasteiger partial charge in [-0.15, -0.1) is 24.0 Å². The Kier molecular flexibility index (Phi) is 7.53. The maximum Gasteiger partial charge on any atom is 0.189 e. The van der Waals surface area contributed by atoms with E-state index in [1.165, 1.54) is 0 Å². The number of nitrogens with zero attached hydrogens (tertiary/aromatic N) is 3. The molecule has 0 spiro atoms. The molecule has 130 valence electrons. The lowest BCUT2D eigenvalue weighted by Crippen LogP contribution is -2.44. The van der Waals surface area contributed by atoms with Gasteiger partial charge in [0.1, 0.15) is 5.82 Å². The van der Waals surface area contributed by atoms with Crippen LogP contribution in [0.15, 0.2) is 23.3 Å². The molecule has 1 saturated heterocycles. The second-order valence-electron chi connectivity index (χ2n) is 6.73. The third kappa shape index (κ3) is 6.90. The van der Waals surface area contributed by atoms with Crippen LogP contribution in [-0.2, 0) is 11.3 Å². The summed E-state index contributed by atoms with van der Waals surface area (Å²) in [6, 6.07) is 4.09. The van der Waals surface area contributed by atoms with E-state index in [2.05, 4.69) is 54.0 Å². The first-order valence-electron chi connectivity index (χ1n) is 7.73. The van der Waals surface area contributed by atoms with Gasteiger partial charge in [0.25, 0.3) is 0 Å². The fourth-order valence-electron chi connectivity index (χ4n) is 2.32. The predicted octanol–water partition coefficient (Wildman–Crippen LogP) is 2.13. The second kappa shape index (κ2) is 8.68. The first-order valence-corrected chi connectivity index (χ1v) is 7.73. The Morgan fingerprint density at radius 1 is 1.48 bits per heavy atom. The molecule has 1 aromatic rings. The van der Waals surface area contributed by atoms with E-state index in [-0.39, 0.29) is 35.6 Å². The lowest BCUT2D eigenvalue weighted by Gasteiger charge is -2.32. The number of aliphatic imine (C=N–C) groups is 1. The quantitative estimate of drug-likeness (QED) is 0.434. The number of morpholine rings is 1. The fraction of sp³-hybridized carbons (Fsp3) is 0.625. The van der Waals surface area contributed by atoms with Gasteiger partial charge in [-0.2, -0.15) is 0 Å². The molecule has 2 rings (SSSR count). The molecule has 1 unspecified atom stereocenters. The monoisotopic (exact) mass is 433 g/mol. The molecular weight excluding hydrogens is 405 g/mol. The van der Waals surface area contributed by atoms with Crippen molar-refractivity contribution in [2.24, 2.45) is 10.7 Å². The molecule has 1 aliphatic rings. The number of hydrogen-bond donors (Lipinski definition) is 2. The molecule has 1 aliphatic heterocycles. The Morgan fingerprint density at radius 3 is 2.78 bits per heavy atom. The Morgan fingerprint density at radius 2 is 2.22 bits per heavy atom. The van der Waals surface area contributed by atoms with Gasteiger partial charge >= 0.3 is 0 Å². The summed E-state index contributed by atoms with van der Waals surface area (Å²) in [6.07, 6.45) is 2.12. The highest BCUT2D eigenvalue weighted by molar-refractivity contribution is 14.0. The molecule has 0 saturated carbocycles. The molecule has 6 nitrogen and oxygen atoms in total. The van der Waals surface area contributed by atoms with Gasteiger partial charge in [0.2, 0.25) is 0 Å². The summed E-state index contributed by atoms with van der Waals surface area (Å²) in [7, 11) is 0. The van der Waals surface area contributed by atoms with Crippen LogP contribution in [-0.4, -0.2) is 42.3 Å². The number of halogens is 1. The number of hydrogen-bond acceptors (Lipinski definition) is 4. The molecule has 2 heterocycles. The van der Waals surface area contributed by atoms with Crippen molar-refractivity contribution >= 4 is 35.8 Å². The average molecular weight is 433 g/mol. The van der Waals surface area contributed by atoms with Crippen molar-refractivity contribution in [1.82, 2.24) is 10.3 Å². The SMILES string of the molecule is CC1CN(c2ccc(CN=C(N)NC(C)(C)C)cn2)CCO1.I. The van der Waals surface area contributed by atoms with Crippen LogP contribution >= 0.6 is 24.0 Å². The van der Waals surface area contributed by atoms with Gasteiger partial charge in [0.15, 0.2) is 5.96 Å². The summed E-state index contributed by atoms with van der Waals surface area (Å²) in [5.41, 5.74) is 6.83. The van der Waals surface area contributed by atoms with Gasteiger partial charge in [-0.05, 0) is 39.3 Å². The number of nitrogens with two attached hydrogens (primary N) is 1. The minimum absolute atomic E-state index is 0. The lowest BCUT2D eigenvalue weighted by molar-refractivity contribution is 0.0529. The number of pyridine rings is 1. The Bertz CT molecular complexity index is 512. The first kappa shape index (κ1) is 20.0. The van der Waals surface area contributed by atoms with E-state index >= 15 is 0 Å². The minimum atomic E-state index is -0.0806. The molecule has 0 radical (unpaired) electrons. The van der Waals surface area contributed by atoms with Crippen molar-refractivity contribution in [2.45, 2.75) is 45.9 Å². The maximum absolute atomic E-state index is 5.87. The maximum atomic E-state index is 5.87. The van der Waals surface area contributed by atoms with Crippen molar-refractivity contribution in [3.8, 4) is 0 Å². The molecular formula is C16H28IN5O. The molecule has 1 fully saturated rings. The molecule has 0 aromatic carbocycles. The number of ether oxygens (including phenoxy) is 1. The van der Waals surface area contributed by atoms with Crippen LogP contribution in [0, 0.1) is 0 Å². The normalized spacial score (nSPS) is 19.2. The van der Waals surface area contributed by atoms with E-state index in [9.17, 15) is 0 Å². The number of aromatic nitrogens is 1.